The van der Waals surface area contributed by atoms with Crippen LogP contribution in [0.25, 0.3) is 0 Å². The monoisotopic (exact) mass is 492 g/mol. The molecule has 9 heteroatoms. The van der Waals surface area contributed by atoms with Gasteiger partial charge >= 0.3 is 17.9 Å². The summed E-state index contributed by atoms with van der Waals surface area (Å²) in [5.41, 5.74) is 0.665. The smallest absolute Gasteiger partial charge is 0.340 e. The fraction of sp³-hybridized carbons (Fsp3) is 0.222. The molecule has 0 bridgehead atoms. The third kappa shape index (κ3) is 5.95. The molecule has 1 saturated heterocycles. The summed E-state index contributed by atoms with van der Waals surface area (Å²) >= 11 is 0. The van der Waals surface area contributed by atoms with Crippen LogP contribution in [0.2, 0.25) is 0 Å². The highest BCUT2D eigenvalue weighted by Crippen LogP contribution is 2.27. The highest BCUT2D eigenvalue weighted by molar-refractivity contribution is 5.90. The molecule has 5 atom stereocenters. The van der Waals surface area contributed by atoms with Gasteiger partial charge < -0.3 is 29.2 Å². The molecule has 0 aliphatic carbocycles. The lowest BCUT2D eigenvalue weighted by molar-refractivity contribution is -0.284. The first-order chi connectivity index (χ1) is 17.4. The molecule has 3 aromatic carbocycles. The van der Waals surface area contributed by atoms with Crippen molar-refractivity contribution in [3.63, 3.8) is 0 Å². The lowest BCUT2D eigenvalue weighted by Gasteiger charge is -2.41. The van der Waals surface area contributed by atoms with Gasteiger partial charge in [0.1, 0.15) is 24.9 Å². The number of ether oxygens (including phenoxy) is 4. The minimum atomic E-state index is -1.71. The summed E-state index contributed by atoms with van der Waals surface area (Å²) in [4.78, 5) is 37.6. The zero-order valence-corrected chi connectivity index (χ0v) is 19.0. The topological polar surface area (TPSA) is 129 Å². The van der Waals surface area contributed by atoms with Crippen molar-refractivity contribution in [2.75, 3.05) is 6.61 Å². The third-order valence-corrected chi connectivity index (χ3v) is 5.52. The van der Waals surface area contributed by atoms with Gasteiger partial charge in [-0.3, -0.25) is 0 Å². The summed E-state index contributed by atoms with van der Waals surface area (Å²) in [6.07, 6.45) is -7.74. The maximum absolute atomic E-state index is 12.7. The zero-order valence-electron chi connectivity index (χ0n) is 19.0. The molecule has 0 saturated carbocycles. The van der Waals surface area contributed by atoms with E-state index in [-0.39, 0.29) is 16.7 Å². The Hall–Kier alpha value is -4.05. The minimum absolute atomic E-state index is 0.186. The molecule has 2 N–H and O–H groups in total. The molecule has 1 heterocycles. The molecular formula is C27H24O9. The van der Waals surface area contributed by atoms with E-state index in [9.17, 15) is 24.6 Å². The van der Waals surface area contributed by atoms with Gasteiger partial charge in [0, 0.05) is 0 Å². The molecule has 1 aliphatic rings. The van der Waals surface area contributed by atoms with Gasteiger partial charge in [-0.05, 0) is 36.4 Å². The Kier molecular flexibility index (Phi) is 8.06. The van der Waals surface area contributed by atoms with E-state index in [2.05, 4.69) is 0 Å². The van der Waals surface area contributed by atoms with E-state index in [1.165, 1.54) is 24.3 Å². The van der Waals surface area contributed by atoms with Crippen molar-refractivity contribution in [2.45, 2.75) is 30.7 Å². The van der Waals surface area contributed by atoms with E-state index >= 15 is 0 Å². The number of carbonyl (C=O) groups is 3. The molecule has 3 aromatic rings. The molecular weight excluding hydrogens is 468 g/mol. The Morgan fingerprint density at radius 2 is 1.08 bits per heavy atom. The van der Waals surface area contributed by atoms with Gasteiger partial charge in [-0.2, -0.15) is 0 Å². The summed E-state index contributed by atoms with van der Waals surface area (Å²) in [5, 5.41) is 21.4. The molecule has 1 fully saturated rings. The minimum Gasteiger partial charge on any atom is -0.459 e. The van der Waals surface area contributed by atoms with Crippen molar-refractivity contribution in [3.8, 4) is 0 Å². The number of esters is 3. The molecule has 0 spiro atoms. The van der Waals surface area contributed by atoms with Crippen molar-refractivity contribution in [3.05, 3.63) is 108 Å². The molecule has 9 nitrogen and oxygen atoms in total. The largest absolute Gasteiger partial charge is 0.459 e. The van der Waals surface area contributed by atoms with Crippen LogP contribution < -0.4 is 0 Å². The van der Waals surface area contributed by atoms with Gasteiger partial charge in [-0.25, -0.2) is 14.4 Å². The van der Waals surface area contributed by atoms with Crippen LogP contribution in [-0.4, -0.2) is 65.4 Å². The lowest BCUT2D eigenvalue weighted by Crippen LogP contribution is -2.61. The molecule has 3 unspecified atom stereocenters. The van der Waals surface area contributed by atoms with Crippen molar-refractivity contribution in [1.82, 2.24) is 0 Å². The first-order valence-electron chi connectivity index (χ1n) is 11.2. The average Bonchev–Trinajstić information content (AvgIpc) is 2.93. The van der Waals surface area contributed by atoms with Crippen LogP contribution in [0.3, 0.4) is 0 Å². The zero-order chi connectivity index (χ0) is 25.5. The van der Waals surface area contributed by atoms with Crippen LogP contribution in [0.4, 0.5) is 0 Å². The van der Waals surface area contributed by atoms with E-state index in [0.29, 0.717) is 0 Å². The maximum Gasteiger partial charge on any atom is 0.340 e. The van der Waals surface area contributed by atoms with E-state index < -0.39 is 55.2 Å². The van der Waals surface area contributed by atoms with E-state index in [1.54, 1.807) is 66.7 Å². The molecule has 4 rings (SSSR count). The molecule has 0 amide bonds. The Bertz CT molecular complexity index is 1170. The van der Waals surface area contributed by atoms with Crippen LogP contribution in [-0.2, 0) is 18.9 Å². The van der Waals surface area contributed by atoms with Gasteiger partial charge in [0.05, 0.1) is 16.7 Å². The first-order valence-corrected chi connectivity index (χ1v) is 11.2. The highest BCUT2D eigenvalue weighted by Gasteiger charge is 2.49. The quantitative estimate of drug-likeness (QED) is 0.377. The van der Waals surface area contributed by atoms with Gasteiger partial charge in [-0.15, -0.1) is 0 Å². The predicted octanol–water partition coefficient (Wildman–Crippen LogP) is 2.37. The predicted molar refractivity (Wildman–Crippen MR) is 125 cm³/mol. The van der Waals surface area contributed by atoms with Gasteiger partial charge in [0.25, 0.3) is 0 Å². The van der Waals surface area contributed by atoms with E-state index in [1.807, 2.05) is 0 Å². The fourth-order valence-electron chi connectivity index (χ4n) is 3.59. The van der Waals surface area contributed by atoms with Crippen molar-refractivity contribution in [2.24, 2.45) is 0 Å². The fourth-order valence-corrected chi connectivity index (χ4v) is 3.59. The molecule has 0 aromatic heterocycles. The Labute approximate surface area is 206 Å². The summed E-state index contributed by atoms with van der Waals surface area (Å²) in [6.45, 7) is -0.454. The second kappa shape index (κ2) is 11.6. The van der Waals surface area contributed by atoms with Crippen molar-refractivity contribution < 1.29 is 43.5 Å². The van der Waals surface area contributed by atoms with Crippen molar-refractivity contribution >= 4 is 17.9 Å². The Morgan fingerprint density at radius 3 is 1.58 bits per heavy atom. The summed E-state index contributed by atoms with van der Waals surface area (Å²) < 4.78 is 21.7. The number of aliphatic hydroxyl groups is 2. The Balaban J connectivity index is 1.51. The maximum atomic E-state index is 12.7. The van der Waals surface area contributed by atoms with Crippen LogP contribution in [0.15, 0.2) is 91.0 Å². The number of rotatable bonds is 7. The summed E-state index contributed by atoms with van der Waals surface area (Å²) in [5.74, 6) is -2.29. The van der Waals surface area contributed by atoms with Crippen LogP contribution >= 0.6 is 0 Å². The van der Waals surface area contributed by atoms with Crippen LogP contribution in [0.1, 0.15) is 31.1 Å². The van der Waals surface area contributed by atoms with Crippen LogP contribution in [0, 0.1) is 0 Å². The highest BCUT2D eigenvalue weighted by atomic mass is 16.7. The number of hydrogen-bond acceptors (Lipinski definition) is 9. The second-order valence-electron chi connectivity index (χ2n) is 8.00. The van der Waals surface area contributed by atoms with Gasteiger partial charge in [0.15, 0.2) is 6.10 Å². The van der Waals surface area contributed by atoms with E-state index in [0.717, 1.165) is 0 Å². The SMILES string of the molecule is O=C(OCC1O[C@@H](OC(=O)c2ccccc2)C(OC(=O)c2ccccc2)C(O)[C@@H]1O)c1ccccc1. The van der Waals surface area contributed by atoms with Gasteiger partial charge in [0.2, 0.25) is 6.29 Å². The van der Waals surface area contributed by atoms with Crippen molar-refractivity contribution in [1.29, 1.82) is 0 Å². The summed E-state index contributed by atoms with van der Waals surface area (Å²) in [7, 11) is 0. The first kappa shape index (κ1) is 25.1. The second-order valence-corrected chi connectivity index (χ2v) is 8.00. The molecule has 1 aliphatic heterocycles. The lowest BCUT2D eigenvalue weighted by atomic mass is 9.99. The third-order valence-electron chi connectivity index (χ3n) is 5.52. The number of carbonyl (C=O) groups excluding carboxylic acids is 3. The van der Waals surface area contributed by atoms with E-state index in [4.69, 9.17) is 18.9 Å². The number of aliphatic hydroxyl groups excluding tert-OH is 2. The summed E-state index contributed by atoms with van der Waals surface area (Å²) in [6, 6.07) is 24.2. The number of hydrogen-bond donors (Lipinski definition) is 2. The molecule has 0 radical (unpaired) electrons. The van der Waals surface area contributed by atoms with Crippen LogP contribution in [0.5, 0.6) is 0 Å². The molecule has 36 heavy (non-hydrogen) atoms. The average molecular weight is 492 g/mol. The molecule has 186 valence electrons. The number of benzene rings is 3. The van der Waals surface area contributed by atoms with Gasteiger partial charge in [-0.1, -0.05) is 54.6 Å². The Morgan fingerprint density at radius 1 is 0.639 bits per heavy atom. The normalized spacial score (nSPS) is 23.3. The standard InChI is InChI=1S/C27H24O9/c28-21-20(16-33-24(30)17-10-4-1-5-11-17)34-27(36-26(32)19-14-8-3-9-15-19)23(22(21)29)35-25(31)18-12-6-2-7-13-18/h1-15,20-23,27-29H,16H2/t20?,21-,22?,23?,27+/m1/s1.